The van der Waals surface area contributed by atoms with Crippen LogP contribution >= 0.6 is 11.6 Å². The van der Waals surface area contributed by atoms with E-state index in [-0.39, 0.29) is 10.0 Å². The number of aromatic nitrogens is 2. The maximum Gasteiger partial charge on any atom is 0.224 e. The van der Waals surface area contributed by atoms with Crippen molar-refractivity contribution < 1.29 is 4.21 Å². The van der Waals surface area contributed by atoms with Crippen LogP contribution in [0.25, 0.3) is 0 Å². The summed E-state index contributed by atoms with van der Waals surface area (Å²) in [6.45, 7) is 7.66. The summed E-state index contributed by atoms with van der Waals surface area (Å²) in [7, 11) is -1.18. The lowest BCUT2D eigenvalue weighted by Crippen LogP contribution is -2.27. The molecule has 0 saturated heterocycles. The molecule has 1 heterocycles. The smallest absolute Gasteiger partial charge is 0.224 e. The third-order valence-electron chi connectivity index (χ3n) is 2.83. The minimum Gasteiger partial charge on any atom is -0.340 e. The van der Waals surface area contributed by atoms with E-state index in [4.69, 9.17) is 11.6 Å². The van der Waals surface area contributed by atoms with E-state index in [9.17, 15) is 4.21 Å². The van der Waals surface area contributed by atoms with Gasteiger partial charge in [-0.1, -0.05) is 6.07 Å². The first-order valence-electron chi connectivity index (χ1n) is 6.80. The molecule has 1 unspecified atom stereocenters. The van der Waals surface area contributed by atoms with Gasteiger partial charge in [-0.2, -0.15) is 0 Å². The van der Waals surface area contributed by atoms with Crippen LogP contribution in [0, 0.1) is 6.92 Å². The summed E-state index contributed by atoms with van der Waals surface area (Å²) < 4.78 is 14.8. The van der Waals surface area contributed by atoms with E-state index in [2.05, 4.69) is 20.0 Å². The van der Waals surface area contributed by atoms with Gasteiger partial charge in [0.15, 0.2) is 0 Å². The fourth-order valence-corrected chi connectivity index (χ4v) is 2.38. The zero-order valence-corrected chi connectivity index (χ0v) is 14.5. The molecule has 0 amide bonds. The first kappa shape index (κ1) is 16.7. The monoisotopic (exact) mass is 338 g/mol. The zero-order chi connectivity index (χ0) is 16.3. The number of rotatable bonds is 4. The Balaban J connectivity index is 2.18. The predicted molar refractivity (Wildman–Crippen MR) is 93.0 cm³/mol. The van der Waals surface area contributed by atoms with Gasteiger partial charge < -0.3 is 10.0 Å². The number of anilines is 3. The summed E-state index contributed by atoms with van der Waals surface area (Å²) in [6, 6.07) is 7.52. The van der Waals surface area contributed by atoms with E-state index in [1.54, 1.807) is 6.20 Å². The molecule has 5 nitrogen and oxygen atoms in total. The van der Waals surface area contributed by atoms with Gasteiger partial charge in [0.1, 0.15) is 16.8 Å². The van der Waals surface area contributed by atoms with Crippen LogP contribution in [0.4, 0.5) is 17.2 Å². The van der Waals surface area contributed by atoms with Crippen LogP contribution in [0.1, 0.15) is 26.3 Å². The molecule has 118 valence electrons. The Kier molecular flexibility index (Phi) is 5.03. The molecule has 0 aliphatic carbocycles. The minimum absolute atomic E-state index is 0.191. The molecule has 2 rings (SSSR count). The van der Waals surface area contributed by atoms with Crippen molar-refractivity contribution in [1.82, 2.24) is 9.97 Å². The van der Waals surface area contributed by atoms with Crippen LogP contribution in [-0.4, -0.2) is 18.9 Å². The summed E-state index contributed by atoms with van der Waals surface area (Å²) in [5, 5.41) is 3.38. The molecular weight excluding hydrogens is 320 g/mol. The molecule has 0 aliphatic rings. The van der Waals surface area contributed by atoms with Gasteiger partial charge in [-0.3, -0.25) is 0 Å². The van der Waals surface area contributed by atoms with Gasteiger partial charge in [0.2, 0.25) is 5.28 Å². The molecule has 7 heteroatoms. The average Bonchev–Trinajstić information content (AvgIpc) is 2.42. The van der Waals surface area contributed by atoms with E-state index in [0.29, 0.717) is 5.82 Å². The third-order valence-corrected chi connectivity index (χ3v) is 4.55. The van der Waals surface area contributed by atoms with Crippen molar-refractivity contribution in [1.29, 1.82) is 0 Å². The summed E-state index contributed by atoms with van der Waals surface area (Å²) in [5.41, 5.74) is 2.49. The molecule has 2 aromatic rings. The lowest BCUT2D eigenvalue weighted by atomic mass is 10.2. The molecule has 22 heavy (non-hydrogen) atoms. The molecule has 0 aliphatic heterocycles. The van der Waals surface area contributed by atoms with Crippen LogP contribution in [-0.2, 0) is 11.0 Å². The van der Waals surface area contributed by atoms with Crippen LogP contribution in [0.5, 0.6) is 0 Å². The van der Waals surface area contributed by atoms with Crippen molar-refractivity contribution in [3.05, 3.63) is 41.3 Å². The SMILES string of the molecule is Cc1cnc(Cl)nc1Nc1cccc(NS(=O)C(C)(C)C)c1. The van der Waals surface area contributed by atoms with Crippen molar-refractivity contribution in [3.8, 4) is 0 Å². The highest BCUT2D eigenvalue weighted by Gasteiger charge is 2.19. The molecule has 0 bridgehead atoms. The Morgan fingerprint density at radius 3 is 2.59 bits per heavy atom. The molecule has 1 aromatic carbocycles. The number of nitrogens with one attached hydrogen (secondary N) is 2. The summed E-state index contributed by atoms with van der Waals surface area (Å²) >= 11 is 5.82. The highest BCUT2D eigenvalue weighted by Crippen LogP contribution is 2.23. The van der Waals surface area contributed by atoms with Gasteiger partial charge in [0.25, 0.3) is 0 Å². The quantitative estimate of drug-likeness (QED) is 0.825. The second-order valence-corrected chi connectivity index (χ2v) is 8.16. The van der Waals surface area contributed by atoms with Gasteiger partial charge in [0.05, 0.1) is 4.75 Å². The van der Waals surface area contributed by atoms with E-state index in [1.165, 1.54) is 0 Å². The molecule has 1 aromatic heterocycles. The number of nitrogens with zero attached hydrogens (tertiary/aromatic N) is 2. The summed E-state index contributed by atoms with van der Waals surface area (Å²) in [4.78, 5) is 8.09. The lowest BCUT2D eigenvalue weighted by molar-refractivity contribution is 0.653. The van der Waals surface area contributed by atoms with Crippen LogP contribution in [0.2, 0.25) is 5.28 Å². The first-order chi connectivity index (χ1) is 10.3. The van der Waals surface area contributed by atoms with E-state index in [1.807, 2.05) is 52.0 Å². The topological polar surface area (TPSA) is 66.9 Å². The summed E-state index contributed by atoms with van der Waals surface area (Å²) in [6.07, 6.45) is 1.66. The van der Waals surface area contributed by atoms with Crippen molar-refractivity contribution in [3.63, 3.8) is 0 Å². The number of hydrogen-bond acceptors (Lipinski definition) is 4. The standard InChI is InChI=1S/C15H19ClN4OS/c1-10-9-17-14(16)19-13(10)18-11-6-5-7-12(8-11)20-22(21)15(2,3)4/h5-9,20H,1-4H3,(H,17,18,19). The Morgan fingerprint density at radius 2 is 1.91 bits per heavy atom. The Morgan fingerprint density at radius 1 is 1.23 bits per heavy atom. The van der Waals surface area contributed by atoms with Gasteiger partial charge in [-0.05, 0) is 57.5 Å². The Hall–Kier alpha value is -1.66. The molecule has 1 atom stereocenters. The number of aryl methyl sites for hydroxylation is 1. The van der Waals surface area contributed by atoms with E-state index < -0.39 is 11.0 Å². The van der Waals surface area contributed by atoms with Crippen LogP contribution < -0.4 is 10.0 Å². The molecule has 0 spiro atoms. The molecular formula is C15H19ClN4OS. The maximum absolute atomic E-state index is 12.1. The summed E-state index contributed by atoms with van der Waals surface area (Å²) in [5.74, 6) is 0.647. The molecule has 0 radical (unpaired) electrons. The van der Waals surface area contributed by atoms with E-state index >= 15 is 0 Å². The number of halogens is 1. The highest BCUT2D eigenvalue weighted by atomic mass is 35.5. The van der Waals surface area contributed by atoms with Crippen molar-refractivity contribution >= 4 is 39.8 Å². The van der Waals surface area contributed by atoms with Gasteiger partial charge in [-0.25, -0.2) is 14.2 Å². The Bertz CT molecular complexity index is 700. The van der Waals surface area contributed by atoms with Crippen molar-refractivity contribution in [2.75, 3.05) is 10.0 Å². The van der Waals surface area contributed by atoms with E-state index in [0.717, 1.165) is 16.9 Å². The predicted octanol–water partition coefficient (Wildman–Crippen LogP) is 4.06. The fourth-order valence-electron chi connectivity index (χ4n) is 1.60. The fraction of sp³-hybridized carbons (Fsp3) is 0.333. The van der Waals surface area contributed by atoms with Gasteiger partial charge in [-0.15, -0.1) is 0 Å². The highest BCUT2D eigenvalue weighted by molar-refractivity contribution is 7.87. The Labute approximate surface area is 138 Å². The van der Waals surface area contributed by atoms with Crippen molar-refractivity contribution in [2.24, 2.45) is 0 Å². The zero-order valence-electron chi connectivity index (χ0n) is 13.0. The molecule has 0 fully saturated rings. The maximum atomic E-state index is 12.1. The van der Waals surface area contributed by atoms with Crippen molar-refractivity contribution in [2.45, 2.75) is 32.4 Å². The average molecular weight is 339 g/mol. The second kappa shape index (κ2) is 6.62. The van der Waals surface area contributed by atoms with Gasteiger partial charge in [0, 0.05) is 23.1 Å². The normalized spacial score (nSPS) is 12.8. The molecule has 0 saturated carbocycles. The number of hydrogen-bond donors (Lipinski definition) is 2. The van der Waals surface area contributed by atoms with Gasteiger partial charge >= 0.3 is 0 Å². The third kappa shape index (κ3) is 4.42. The minimum atomic E-state index is -1.18. The number of benzene rings is 1. The molecule has 2 N–H and O–H groups in total. The van der Waals surface area contributed by atoms with Crippen LogP contribution in [0.3, 0.4) is 0 Å². The van der Waals surface area contributed by atoms with Crippen LogP contribution in [0.15, 0.2) is 30.5 Å². The largest absolute Gasteiger partial charge is 0.340 e. The first-order valence-corrected chi connectivity index (χ1v) is 8.33. The second-order valence-electron chi connectivity index (χ2n) is 5.86. The lowest BCUT2D eigenvalue weighted by Gasteiger charge is -2.19.